The van der Waals surface area contributed by atoms with Crippen molar-refractivity contribution in [2.75, 3.05) is 26.0 Å². The number of carbonyl (C=O) groups excluding carboxylic acids is 3. The maximum atomic E-state index is 13.6. The van der Waals surface area contributed by atoms with Crippen molar-refractivity contribution in [2.24, 2.45) is 0 Å². The third-order valence-corrected chi connectivity index (χ3v) is 7.35. The number of fused-ring (bicyclic) bond motifs is 1. The van der Waals surface area contributed by atoms with Crippen LogP contribution in [0.4, 0.5) is 5.69 Å². The first-order valence-electron chi connectivity index (χ1n) is 13.3. The molecule has 0 bridgehead atoms. The highest BCUT2D eigenvalue weighted by molar-refractivity contribution is 5.94. The molecule has 0 spiro atoms. The van der Waals surface area contributed by atoms with E-state index in [1.807, 2.05) is 91.8 Å². The monoisotopic (exact) mass is 522 g/mol. The van der Waals surface area contributed by atoms with Crippen LogP contribution in [-0.4, -0.2) is 59.1 Å². The van der Waals surface area contributed by atoms with Crippen LogP contribution in [0.1, 0.15) is 36.9 Å². The van der Waals surface area contributed by atoms with Crippen LogP contribution in [0.3, 0.4) is 0 Å². The number of H-pyrrole nitrogens is 1. The molecule has 2 N–H and O–H groups in total. The molecule has 2 atom stereocenters. The summed E-state index contributed by atoms with van der Waals surface area (Å²) in [5.74, 6) is -0.0402. The first-order valence-corrected chi connectivity index (χ1v) is 13.3. The van der Waals surface area contributed by atoms with Crippen LogP contribution in [-0.2, 0) is 20.8 Å². The first kappa shape index (κ1) is 26.4. The molecule has 1 saturated heterocycles. The van der Waals surface area contributed by atoms with E-state index in [1.165, 1.54) is 6.92 Å². The summed E-state index contributed by atoms with van der Waals surface area (Å²) in [4.78, 5) is 45.6. The second-order valence-electron chi connectivity index (χ2n) is 10.5. The standard InChI is InChI=1S/C32H34N4O3/c1-21(37)33-26-14-12-23(13-15-26)28-20-25-18-22(11-16-27(25)34-28)19-30(38)29-10-7-17-36(29)32(39)31(35(2)3)24-8-5-4-6-9-24/h4-6,8-9,11-16,18,20,29,31,34H,7,10,17,19H2,1-3H3,(H,33,37)/t29-,31+/m0/s1. The molecular weight excluding hydrogens is 488 g/mol. The fourth-order valence-electron chi connectivity index (χ4n) is 5.52. The zero-order valence-electron chi connectivity index (χ0n) is 22.6. The average molecular weight is 523 g/mol. The van der Waals surface area contributed by atoms with Crippen LogP contribution in [0.5, 0.6) is 0 Å². The molecule has 200 valence electrons. The summed E-state index contributed by atoms with van der Waals surface area (Å²) in [6, 6.07) is 24.7. The normalized spacial score (nSPS) is 16.0. The molecule has 7 nitrogen and oxygen atoms in total. The summed E-state index contributed by atoms with van der Waals surface area (Å²) in [5, 5.41) is 3.81. The van der Waals surface area contributed by atoms with E-state index in [1.54, 1.807) is 4.90 Å². The van der Waals surface area contributed by atoms with Crippen molar-refractivity contribution in [3.8, 4) is 11.3 Å². The molecule has 2 amide bonds. The van der Waals surface area contributed by atoms with Crippen molar-refractivity contribution in [3.63, 3.8) is 0 Å². The Morgan fingerprint density at radius 3 is 2.44 bits per heavy atom. The molecule has 1 fully saturated rings. The number of nitrogens with one attached hydrogen (secondary N) is 2. The predicted molar refractivity (Wildman–Crippen MR) is 154 cm³/mol. The minimum atomic E-state index is -0.415. The second kappa shape index (κ2) is 11.3. The zero-order chi connectivity index (χ0) is 27.5. The summed E-state index contributed by atoms with van der Waals surface area (Å²) in [6.45, 7) is 2.09. The highest BCUT2D eigenvalue weighted by Gasteiger charge is 2.38. The number of amides is 2. The molecule has 0 saturated carbocycles. The molecule has 1 aliphatic rings. The maximum Gasteiger partial charge on any atom is 0.245 e. The predicted octanol–water partition coefficient (Wildman–Crippen LogP) is 5.20. The van der Waals surface area contributed by atoms with Crippen LogP contribution in [0.25, 0.3) is 22.2 Å². The molecule has 5 rings (SSSR count). The summed E-state index contributed by atoms with van der Waals surface area (Å²) < 4.78 is 0. The zero-order valence-corrected chi connectivity index (χ0v) is 22.6. The number of hydrogen-bond donors (Lipinski definition) is 2. The van der Waals surface area contributed by atoms with Gasteiger partial charge in [-0.05, 0) is 74.0 Å². The molecule has 0 aliphatic carbocycles. The third-order valence-electron chi connectivity index (χ3n) is 7.35. The lowest BCUT2D eigenvalue weighted by molar-refractivity contribution is -0.141. The summed E-state index contributed by atoms with van der Waals surface area (Å²) in [5.41, 5.74) is 5.58. The molecule has 0 radical (unpaired) electrons. The molecule has 4 aromatic rings. The SMILES string of the molecule is CC(=O)Nc1ccc(-c2cc3cc(CC(=O)[C@@H]4CCCN4C(=O)[C@@H](c4ccccc4)N(C)C)ccc3[nH]2)cc1. The highest BCUT2D eigenvalue weighted by Crippen LogP contribution is 2.29. The largest absolute Gasteiger partial charge is 0.355 e. The quantitative estimate of drug-likeness (QED) is 0.333. The van der Waals surface area contributed by atoms with Crippen molar-refractivity contribution in [2.45, 2.75) is 38.3 Å². The second-order valence-corrected chi connectivity index (χ2v) is 10.5. The van der Waals surface area contributed by atoms with Crippen molar-refractivity contribution in [1.29, 1.82) is 0 Å². The molecule has 39 heavy (non-hydrogen) atoms. The Hall–Kier alpha value is -4.23. The number of benzene rings is 3. The lowest BCUT2D eigenvalue weighted by atomic mass is 9.99. The van der Waals surface area contributed by atoms with Gasteiger partial charge in [0.25, 0.3) is 0 Å². The van der Waals surface area contributed by atoms with Gasteiger partial charge in [0.05, 0.1) is 6.04 Å². The highest BCUT2D eigenvalue weighted by atomic mass is 16.2. The Morgan fingerprint density at radius 2 is 1.74 bits per heavy atom. The summed E-state index contributed by atoms with van der Waals surface area (Å²) in [6.07, 6.45) is 1.82. The molecule has 1 aliphatic heterocycles. The van der Waals surface area contributed by atoms with Crippen molar-refractivity contribution in [3.05, 3.63) is 90.0 Å². The number of aromatic nitrogens is 1. The summed E-state index contributed by atoms with van der Waals surface area (Å²) >= 11 is 0. The fraction of sp³-hybridized carbons (Fsp3) is 0.281. The number of hydrogen-bond acceptors (Lipinski definition) is 4. The topological polar surface area (TPSA) is 85.5 Å². The van der Waals surface area contributed by atoms with Gasteiger partial charge in [-0.15, -0.1) is 0 Å². The molecule has 0 unspecified atom stereocenters. The number of ketones is 1. The smallest absolute Gasteiger partial charge is 0.245 e. The van der Waals surface area contributed by atoms with E-state index >= 15 is 0 Å². The van der Waals surface area contributed by atoms with Crippen molar-refractivity contribution >= 4 is 34.2 Å². The number of carbonyl (C=O) groups is 3. The molecule has 2 heterocycles. The van der Waals surface area contributed by atoms with Gasteiger partial charge in [0.2, 0.25) is 11.8 Å². The van der Waals surface area contributed by atoms with Crippen LogP contribution in [0.15, 0.2) is 78.9 Å². The van der Waals surface area contributed by atoms with E-state index in [0.717, 1.165) is 45.4 Å². The molecule has 7 heteroatoms. The minimum Gasteiger partial charge on any atom is -0.355 e. The Balaban J connectivity index is 1.31. The number of likely N-dealkylation sites (N-methyl/N-ethyl adjacent to an activating group) is 1. The van der Waals surface area contributed by atoms with Crippen molar-refractivity contribution in [1.82, 2.24) is 14.8 Å². The van der Waals surface area contributed by atoms with Gasteiger partial charge >= 0.3 is 0 Å². The third kappa shape index (κ3) is 5.78. The number of nitrogens with zero attached hydrogens (tertiary/aromatic N) is 2. The molecule has 3 aromatic carbocycles. The van der Waals surface area contributed by atoms with Gasteiger partial charge in [-0.1, -0.05) is 48.5 Å². The van der Waals surface area contributed by atoms with Crippen LogP contribution < -0.4 is 5.32 Å². The Labute approximate surface area is 228 Å². The number of aromatic amines is 1. The van der Waals surface area contributed by atoms with E-state index in [9.17, 15) is 14.4 Å². The van der Waals surface area contributed by atoms with Gasteiger partial charge in [-0.25, -0.2) is 0 Å². The van der Waals surface area contributed by atoms with Gasteiger partial charge in [-0.2, -0.15) is 0 Å². The van der Waals surface area contributed by atoms with Crippen molar-refractivity contribution < 1.29 is 14.4 Å². The van der Waals surface area contributed by atoms with Gasteiger partial charge < -0.3 is 15.2 Å². The van der Waals surface area contributed by atoms with Gasteiger partial charge in [0, 0.05) is 42.2 Å². The number of rotatable bonds is 8. The van der Waals surface area contributed by atoms with Gasteiger partial charge in [-0.3, -0.25) is 19.3 Å². The number of likely N-dealkylation sites (tertiary alicyclic amines) is 1. The maximum absolute atomic E-state index is 13.6. The van der Waals surface area contributed by atoms with Gasteiger partial charge in [0.15, 0.2) is 5.78 Å². The number of Topliss-reactive ketones (excluding diaryl/α,β-unsaturated/α-hetero) is 1. The lowest BCUT2D eigenvalue weighted by Crippen LogP contribution is -2.46. The molecular formula is C32H34N4O3. The van der Waals surface area contributed by atoms with E-state index in [-0.39, 0.29) is 24.0 Å². The molecule has 1 aromatic heterocycles. The first-order chi connectivity index (χ1) is 18.8. The van der Waals surface area contributed by atoms with E-state index in [2.05, 4.69) is 16.4 Å². The summed E-state index contributed by atoms with van der Waals surface area (Å²) in [7, 11) is 3.81. The van der Waals surface area contributed by atoms with Crippen LogP contribution >= 0.6 is 0 Å². The average Bonchev–Trinajstić information content (AvgIpc) is 3.57. The lowest BCUT2D eigenvalue weighted by Gasteiger charge is -2.31. The van der Waals surface area contributed by atoms with Gasteiger partial charge in [0.1, 0.15) is 6.04 Å². The van der Waals surface area contributed by atoms with E-state index in [4.69, 9.17) is 0 Å². The van der Waals surface area contributed by atoms with Crippen LogP contribution in [0, 0.1) is 0 Å². The Bertz CT molecular complexity index is 1490. The fourth-order valence-corrected chi connectivity index (χ4v) is 5.52. The Kier molecular flexibility index (Phi) is 7.61. The van der Waals surface area contributed by atoms with E-state index in [0.29, 0.717) is 13.0 Å². The Morgan fingerprint density at radius 1 is 1.00 bits per heavy atom. The van der Waals surface area contributed by atoms with Crippen LogP contribution in [0.2, 0.25) is 0 Å². The minimum absolute atomic E-state index is 0.0164. The van der Waals surface area contributed by atoms with E-state index < -0.39 is 12.1 Å². The number of anilines is 1.